The van der Waals surface area contributed by atoms with E-state index in [0.29, 0.717) is 6.04 Å². The number of hydrogen-bond acceptors (Lipinski definition) is 2. The number of hydrogen-bond donors (Lipinski definition) is 1. The first-order valence-electron chi connectivity index (χ1n) is 6.58. The van der Waals surface area contributed by atoms with Gasteiger partial charge in [-0.25, -0.2) is 0 Å². The van der Waals surface area contributed by atoms with Crippen molar-refractivity contribution in [3.63, 3.8) is 0 Å². The van der Waals surface area contributed by atoms with E-state index in [1.807, 2.05) is 7.11 Å². The number of ether oxygens (including phenoxy) is 1. The SMILES string of the molecule is CCNC(CC1(OC)CCC1)C1CCC1. The predicted molar refractivity (Wildman–Crippen MR) is 63.0 cm³/mol. The first-order valence-corrected chi connectivity index (χ1v) is 6.58. The van der Waals surface area contributed by atoms with Crippen LogP contribution in [0.15, 0.2) is 0 Å². The van der Waals surface area contributed by atoms with Gasteiger partial charge in [0, 0.05) is 13.2 Å². The second kappa shape index (κ2) is 4.84. The fourth-order valence-electron chi connectivity index (χ4n) is 2.97. The summed E-state index contributed by atoms with van der Waals surface area (Å²) in [7, 11) is 1.89. The van der Waals surface area contributed by atoms with Crippen molar-refractivity contribution in [2.24, 2.45) is 5.92 Å². The summed E-state index contributed by atoms with van der Waals surface area (Å²) in [6, 6.07) is 0.712. The molecule has 0 bridgehead atoms. The molecule has 1 unspecified atom stereocenters. The molecular formula is C13H25NO. The van der Waals surface area contributed by atoms with E-state index in [1.165, 1.54) is 44.9 Å². The van der Waals surface area contributed by atoms with Gasteiger partial charge in [-0.1, -0.05) is 13.3 Å². The predicted octanol–water partition coefficient (Wildman–Crippen LogP) is 2.72. The van der Waals surface area contributed by atoms with Gasteiger partial charge in [0.15, 0.2) is 0 Å². The summed E-state index contributed by atoms with van der Waals surface area (Å²) in [5.74, 6) is 0.928. The van der Waals surface area contributed by atoms with Crippen molar-refractivity contribution < 1.29 is 4.74 Å². The molecule has 2 nitrogen and oxygen atoms in total. The highest BCUT2D eigenvalue weighted by atomic mass is 16.5. The first-order chi connectivity index (χ1) is 7.29. The Morgan fingerprint density at radius 3 is 2.40 bits per heavy atom. The lowest BCUT2D eigenvalue weighted by Gasteiger charge is -2.46. The van der Waals surface area contributed by atoms with Crippen LogP contribution in [0.4, 0.5) is 0 Å². The monoisotopic (exact) mass is 211 g/mol. The molecule has 0 spiro atoms. The lowest BCUT2D eigenvalue weighted by molar-refractivity contribution is -0.0891. The molecule has 88 valence electrons. The van der Waals surface area contributed by atoms with E-state index in [4.69, 9.17) is 4.74 Å². The Bertz CT molecular complexity index is 191. The molecule has 2 aliphatic carbocycles. The van der Waals surface area contributed by atoms with Crippen LogP contribution < -0.4 is 5.32 Å². The molecule has 1 atom stereocenters. The van der Waals surface area contributed by atoms with Crippen molar-refractivity contribution in [3.8, 4) is 0 Å². The van der Waals surface area contributed by atoms with Gasteiger partial charge in [0.2, 0.25) is 0 Å². The molecule has 2 rings (SSSR count). The van der Waals surface area contributed by atoms with E-state index < -0.39 is 0 Å². The number of nitrogens with one attached hydrogen (secondary N) is 1. The molecule has 1 N–H and O–H groups in total. The smallest absolute Gasteiger partial charge is 0.0693 e. The Morgan fingerprint density at radius 1 is 1.33 bits per heavy atom. The van der Waals surface area contributed by atoms with Crippen LogP contribution in [0.5, 0.6) is 0 Å². The normalized spacial score (nSPS) is 26.8. The Labute approximate surface area is 93.8 Å². The van der Waals surface area contributed by atoms with Gasteiger partial charge in [0.1, 0.15) is 0 Å². The summed E-state index contributed by atoms with van der Waals surface area (Å²) in [4.78, 5) is 0. The summed E-state index contributed by atoms with van der Waals surface area (Å²) >= 11 is 0. The van der Waals surface area contributed by atoms with E-state index in [-0.39, 0.29) is 5.60 Å². The van der Waals surface area contributed by atoms with E-state index >= 15 is 0 Å². The van der Waals surface area contributed by atoms with Crippen molar-refractivity contribution in [2.45, 2.75) is 63.5 Å². The molecule has 15 heavy (non-hydrogen) atoms. The second-order valence-electron chi connectivity index (χ2n) is 5.30. The van der Waals surface area contributed by atoms with E-state index in [0.717, 1.165) is 12.5 Å². The summed E-state index contributed by atoms with van der Waals surface area (Å²) < 4.78 is 5.73. The average molecular weight is 211 g/mol. The van der Waals surface area contributed by atoms with Crippen LogP contribution in [0.3, 0.4) is 0 Å². The largest absolute Gasteiger partial charge is 0.378 e. The lowest BCUT2D eigenvalue weighted by Crippen LogP contribution is -2.49. The minimum atomic E-state index is 0.239. The van der Waals surface area contributed by atoms with Gasteiger partial charge in [0.25, 0.3) is 0 Å². The fraction of sp³-hybridized carbons (Fsp3) is 1.00. The highest BCUT2D eigenvalue weighted by Crippen LogP contribution is 2.42. The van der Waals surface area contributed by atoms with Crippen molar-refractivity contribution in [3.05, 3.63) is 0 Å². The summed E-state index contributed by atoms with van der Waals surface area (Å²) in [5, 5.41) is 3.66. The summed E-state index contributed by atoms with van der Waals surface area (Å²) in [6.07, 6.45) is 9.44. The van der Waals surface area contributed by atoms with Gasteiger partial charge < -0.3 is 10.1 Å². The van der Waals surface area contributed by atoms with Crippen LogP contribution >= 0.6 is 0 Å². The molecule has 0 aromatic rings. The molecule has 0 amide bonds. The van der Waals surface area contributed by atoms with Crippen molar-refractivity contribution in [2.75, 3.05) is 13.7 Å². The van der Waals surface area contributed by atoms with Crippen LogP contribution in [0, 0.1) is 5.92 Å². The minimum Gasteiger partial charge on any atom is -0.378 e. The highest BCUT2D eigenvalue weighted by molar-refractivity contribution is 4.96. The maximum atomic E-state index is 5.73. The summed E-state index contributed by atoms with van der Waals surface area (Å²) in [5.41, 5.74) is 0.239. The van der Waals surface area contributed by atoms with Crippen LogP contribution in [0.2, 0.25) is 0 Å². The zero-order valence-corrected chi connectivity index (χ0v) is 10.2. The van der Waals surface area contributed by atoms with Crippen LogP contribution in [0.1, 0.15) is 51.9 Å². The van der Waals surface area contributed by atoms with E-state index in [2.05, 4.69) is 12.2 Å². The maximum absolute atomic E-state index is 5.73. The molecule has 0 aromatic carbocycles. The minimum absolute atomic E-state index is 0.239. The summed E-state index contributed by atoms with van der Waals surface area (Å²) in [6.45, 7) is 3.31. The quantitative estimate of drug-likeness (QED) is 0.729. The second-order valence-corrected chi connectivity index (χ2v) is 5.30. The zero-order valence-electron chi connectivity index (χ0n) is 10.2. The topological polar surface area (TPSA) is 21.3 Å². The number of rotatable bonds is 6. The van der Waals surface area contributed by atoms with Gasteiger partial charge >= 0.3 is 0 Å². The third-order valence-corrected chi connectivity index (χ3v) is 4.47. The Morgan fingerprint density at radius 2 is 2.07 bits per heavy atom. The Kier molecular flexibility index (Phi) is 3.68. The molecule has 0 saturated heterocycles. The molecule has 2 aliphatic rings. The van der Waals surface area contributed by atoms with Gasteiger partial charge in [-0.2, -0.15) is 0 Å². The van der Waals surface area contributed by atoms with Gasteiger partial charge in [0.05, 0.1) is 5.60 Å². The molecule has 2 fully saturated rings. The van der Waals surface area contributed by atoms with Crippen molar-refractivity contribution in [1.82, 2.24) is 5.32 Å². The standard InChI is InChI=1S/C13H25NO/c1-3-14-12(11-6-4-7-11)10-13(15-2)8-5-9-13/h11-12,14H,3-10H2,1-2H3. The van der Waals surface area contributed by atoms with Gasteiger partial charge in [-0.3, -0.25) is 0 Å². The van der Waals surface area contributed by atoms with Gasteiger partial charge in [-0.15, -0.1) is 0 Å². The fourth-order valence-corrected chi connectivity index (χ4v) is 2.97. The number of methoxy groups -OCH3 is 1. The van der Waals surface area contributed by atoms with E-state index in [9.17, 15) is 0 Å². The lowest BCUT2D eigenvalue weighted by atomic mass is 9.70. The third kappa shape index (κ3) is 2.36. The molecule has 2 heteroatoms. The molecule has 2 saturated carbocycles. The van der Waals surface area contributed by atoms with Crippen LogP contribution in [-0.2, 0) is 4.74 Å². The zero-order chi connectivity index (χ0) is 10.7. The molecule has 0 radical (unpaired) electrons. The Hall–Kier alpha value is -0.0800. The third-order valence-electron chi connectivity index (χ3n) is 4.47. The van der Waals surface area contributed by atoms with Gasteiger partial charge in [-0.05, 0) is 51.0 Å². The molecule has 0 aromatic heterocycles. The highest BCUT2D eigenvalue weighted by Gasteiger charge is 2.41. The van der Waals surface area contributed by atoms with Crippen molar-refractivity contribution >= 4 is 0 Å². The molecule has 0 aliphatic heterocycles. The van der Waals surface area contributed by atoms with Crippen molar-refractivity contribution in [1.29, 1.82) is 0 Å². The average Bonchev–Trinajstić information content (AvgIpc) is 2.08. The van der Waals surface area contributed by atoms with E-state index in [1.54, 1.807) is 0 Å². The Balaban J connectivity index is 1.86. The first kappa shape index (κ1) is 11.4. The maximum Gasteiger partial charge on any atom is 0.0693 e. The van der Waals surface area contributed by atoms with Crippen LogP contribution in [-0.4, -0.2) is 25.3 Å². The molecular weight excluding hydrogens is 186 g/mol. The molecule has 0 heterocycles. The van der Waals surface area contributed by atoms with Crippen LogP contribution in [0.25, 0.3) is 0 Å².